The van der Waals surface area contributed by atoms with Gasteiger partial charge in [0.25, 0.3) is 0 Å². The fourth-order valence-corrected chi connectivity index (χ4v) is 1.94. The molecule has 1 aromatic heterocycles. The number of hydrogen-bond acceptors (Lipinski definition) is 3. The van der Waals surface area contributed by atoms with Crippen LogP contribution in [0.5, 0.6) is 0 Å². The predicted octanol–water partition coefficient (Wildman–Crippen LogP) is 2.93. The molecule has 0 saturated heterocycles. The fourth-order valence-electron chi connectivity index (χ4n) is 1.94. The molecule has 6 nitrogen and oxygen atoms in total. The van der Waals surface area contributed by atoms with E-state index >= 15 is 0 Å². The molecule has 0 spiro atoms. The van der Waals surface area contributed by atoms with Gasteiger partial charge in [0.05, 0.1) is 18.0 Å². The molecule has 0 radical (unpaired) electrons. The summed E-state index contributed by atoms with van der Waals surface area (Å²) in [5.41, 5.74) is 10.2. The number of benzene rings is 1. The van der Waals surface area contributed by atoms with Gasteiger partial charge >= 0.3 is 5.97 Å². The van der Waals surface area contributed by atoms with Crippen molar-refractivity contribution in [1.29, 1.82) is 0 Å². The van der Waals surface area contributed by atoms with E-state index in [1.807, 2.05) is 30.3 Å². The summed E-state index contributed by atoms with van der Waals surface area (Å²) in [5, 5.41) is 13.3. The van der Waals surface area contributed by atoms with Crippen LogP contribution in [-0.4, -0.2) is 22.1 Å². The van der Waals surface area contributed by atoms with Gasteiger partial charge in [-0.15, -0.1) is 0 Å². The van der Waals surface area contributed by atoms with Crippen molar-refractivity contribution >= 4 is 16.9 Å². The first-order chi connectivity index (χ1) is 9.19. The molecule has 0 bridgehead atoms. The van der Waals surface area contributed by atoms with Crippen molar-refractivity contribution < 1.29 is 9.90 Å². The van der Waals surface area contributed by atoms with E-state index in [4.69, 9.17) is 10.6 Å². The first-order valence-corrected chi connectivity index (χ1v) is 5.78. The highest BCUT2D eigenvalue weighted by Crippen LogP contribution is 2.16. The van der Waals surface area contributed by atoms with E-state index in [-0.39, 0.29) is 6.42 Å². The van der Waals surface area contributed by atoms with E-state index in [0.717, 1.165) is 16.5 Å². The Morgan fingerprint density at radius 1 is 1.47 bits per heavy atom. The third kappa shape index (κ3) is 3.43. The minimum atomic E-state index is -0.976. The molecule has 96 valence electrons. The molecule has 6 heteroatoms. The Morgan fingerprint density at radius 2 is 2.32 bits per heavy atom. The summed E-state index contributed by atoms with van der Waals surface area (Å²) < 4.78 is 0. The molecule has 1 heterocycles. The molecular weight excluding hydrogens is 244 g/mol. The molecule has 0 amide bonds. The second-order valence-electron chi connectivity index (χ2n) is 4.19. The van der Waals surface area contributed by atoms with E-state index in [0.29, 0.717) is 6.42 Å². The summed E-state index contributed by atoms with van der Waals surface area (Å²) in [6.07, 6.45) is 1.92. The number of aliphatic carboxylic acids is 1. The number of azide groups is 1. The van der Waals surface area contributed by atoms with Crippen molar-refractivity contribution in [3.05, 3.63) is 52.5 Å². The highest BCUT2D eigenvalue weighted by Gasteiger charge is 2.12. The molecule has 1 atom stereocenters. The number of carboxylic acid groups (broad SMARTS) is 1. The lowest BCUT2D eigenvalue weighted by Crippen LogP contribution is -2.13. The van der Waals surface area contributed by atoms with E-state index in [1.165, 1.54) is 0 Å². The topological polar surface area (TPSA) is 99.0 Å². The van der Waals surface area contributed by atoms with Gasteiger partial charge in [-0.05, 0) is 29.6 Å². The van der Waals surface area contributed by atoms with Crippen LogP contribution in [-0.2, 0) is 11.2 Å². The zero-order chi connectivity index (χ0) is 13.7. The number of aromatic nitrogens is 1. The van der Waals surface area contributed by atoms with Crippen LogP contribution in [0.4, 0.5) is 0 Å². The maximum absolute atomic E-state index is 10.7. The second-order valence-corrected chi connectivity index (χ2v) is 4.19. The van der Waals surface area contributed by atoms with E-state index in [9.17, 15) is 4.79 Å². The van der Waals surface area contributed by atoms with Crippen LogP contribution < -0.4 is 0 Å². The van der Waals surface area contributed by atoms with Gasteiger partial charge in [-0.1, -0.05) is 23.3 Å². The molecule has 0 aliphatic rings. The number of hydrogen-bond donors (Lipinski definition) is 1. The Labute approximate surface area is 109 Å². The van der Waals surface area contributed by atoms with Crippen LogP contribution in [0.25, 0.3) is 21.3 Å². The quantitative estimate of drug-likeness (QED) is 0.505. The average Bonchev–Trinajstić information content (AvgIpc) is 2.38. The number of carboxylic acids is 1. The number of carbonyl (C=O) groups is 1. The zero-order valence-electron chi connectivity index (χ0n) is 10.1. The maximum atomic E-state index is 10.7. The highest BCUT2D eigenvalue weighted by atomic mass is 16.4. The van der Waals surface area contributed by atoms with Gasteiger partial charge < -0.3 is 5.11 Å². The Hall–Kier alpha value is -2.59. The molecule has 0 aliphatic heterocycles. The van der Waals surface area contributed by atoms with E-state index in [2.05, 4.69) is 15.0 Å². The fraction of sp³-hybridized carbons (Fsp3) is 0.231. The molecule has 0 saturated carbocycles. The molecule has 2 aromatic rings. The lowest BCUT2D eigenvalue weighted by atomic mass is 10.0. The number of rotatable bonds is 5. The van der Waals surface area contributed by atoms with Crippen LogP contribution >= 0.6 is 0 Å². The van der Waals surface area contributed by atoms with Crippen molar-refractivity contribution in [2.24, 2.45) is 5.11 Å². The molecular formula is C13H12N4O2. The maximum Gasteiger partial charge on any atom is 0.303 e. The monoisotopic (exact) mass is 256 g/mol. The molecule has 1 aromatic carbocycles. The normalized spacial score (nSPS) is 11.8. The van der Waals surface area contributed by atoms with Gasteiger partial charge in [-0.3, -0.25) is 9.78 Å². The third-order valence-electron chi connectivity index (χ3n) is 2.77. The Morgan fingerprint density at radius 3 is 3.05 bits per heavy atom. The van der Waals surface area contributed by atoms with Crippen LogP contribution in [0.2, 0.25) is 0 Å². The Bertz CT molecular complexity index is 650. The van der Waals surface area contributed by atoms with Crippen LogP contribution in [0.3, 0.4) is 0 Å². The molecule has 0 fully saturated rings. The lowest BCUT2D eigenvalue weighted by molar-refractivity contribution is -0.137. The van der Waals surface area contributed by atoms with Crippen molar-refractivity contribution in [1.82, 2.24) is 4.98 Å². The van der Waals surface area contributed by atoms with Gasteiger partial charge in [0.2, 0.25) is 0 Å². The predicted molar refractivity (Wildman–Crippen MR) is 70.6 cm³/mol. The summed E-state index contributed by atoms with van der Waals surface area (Å²) in [6, 6.07) is 8.93. The van der Waals surface area contributed by atoms with Crippen LogP contribution in [0, 0.1) is 0 Å². The average molecular weight is 256 g/mol. The minimum Gasteiger partial charge on any atom is -0.481 e. The van der Waals surface area contributed by atoms with Gasteiger partial charge in [0.15, 0.2) is 0 Å². The highest BCUT2D eigenvalue weighted by molar-refractivity contribution is 5.78. The molecule has 19 heavy (non-hydrogen) atoms. The van der Waals surface area contributed by atoms with Gasteiger partial charge in [0, 0.05) is 16.5 Å². The van der Waals surface area contributed by atoms with Gasteiger partial charge in [-0.2, -0.15) is 0 Å². The molecule has 2 rings (SSSR count). The summed E-state index contributed by atoms with van der Waals surface area (Å²) in [7, 11) is 0. The Kier molecular flexibility index (Phi) is 3.95. The molecule has 1 N–H and O–H groups in total. The number of fused-ring (bicyclic) bond motifs is 1. The van der Waals surface area contributed by atoms with Crippen molar-refractivity contribution in [3.8, 4) is 0 Å². The Balaban J connectivity index is 2.23. The minimum absolute atomic E-state index is 0.176. The third-order valence-corrected chi connectivity index (χ3v) is 2.77. The first kappa shape index (κ1) is 12.9. The van der Waals surface area contributed by atoms with E-state index < -0.39 is 12.0 Å². The standard InChI is InChI=1S/C13H12N4O2/c14-17-16-11(8-13(18)19)6-9-3-4-10-2-1-5-15-12(10)7-9/h1-5,7,11H,6,8H2,(H,18,19). The SMILES string of the molecule is [N-]=[N+]=NC(CC(=O)O)Cc1ccc2cccnc2c1. The van der Waals surface area contributed by atoms with Gasteiger partial charge in [0.1, 0.15) is 0 Å². The first-order valence-electron chi connectivity index (χ1n) is 5.78. The summed E-state index contributed by atoms with van der Waals surface area (Å²) in [4.78, 5) is 17.6. The summed E-state index contributed by atoms with van der Waals surface area (Å²) in [6.45, 7) is 0. The van der Waals surface area contributed by atoms with E-state index in [1.54, 1.807) is 6.20 Å². The lowest BCUT2D eigenvalue weighted by Gasteiger charge is -2.09. The zero-order valence-corrected chi connectivity index (χ0v) is 10.1. The van der Waals surface area contributed by atoms with Crippen molar-refractivity contribution in [2.75, 3.05) is 0 Å². The summed E-state index contributed by atoms with van der Waals surface area (Å²) in [5.74, 6) is -0.976. The summed E-state index contributed by atoms with van der Waals surface area (Å²) >= 11 is 0. The number of pyridine rings is 1. The number of nitrogens with zero attached hydrogens (tertiary/aromatic N) is 4. The molecule has 1 unspecified atom stereocenters. The second kappa shape index (κ2) is 5.84. The van der Waals surface area contributed by atoms with Crippen LogP contribution in [0.1, 0.15) is 12.0 Å². The van der Waals surface area contributed by atoms with Crippen molar-refractivity contribution in [2.45, 2.75) is 18.9 Å². The van der Waals surface area contributed by atoms with Gasteiger partial charge in [-0.25, -0.2) is 0 Å². The van der Waals surface area contributed by atoms with Crippen molar-refractivity contribution in [3.63, 3.8) is 0 Å². The van der Waals surface area contributed by atoms with Crippen LogP contribution in [0.15, 0.2) is 41.6 Å². The molecule has 0 aliphatic carbocycles. The smallest absolute Gasteiger partial charge is 0.303 e. The largest absolute Gasteiger partial charge is 0.481 e.